The Morgan fingerprint density at radius 3 is 2.51 bits per heavy atom. The maximum Gasteiger partial charge on any atom is 0.293 e. The number of hydrogen-bond acceptors (Lipinski definition) is 6. The number of para-hydroxylation sites is 1. The molecule has 5 aromatic rings. The number of nitrogens with two attached hydrogens (primary N) is 1. The second kappa shape index (κ2) is 12.2. The third kappa shape index (κ3) is 6.28. The van der Waals surface area contributed by atoms with Gasteiger partial charge in [0.2, 0.25) is 5.91 Å². The van der Waals surface area contributed by atoms with Gasteiger partial charge in [-0.2, -0.15) is 19.0 Å². The Balaban J connectivity index is 1.35. The molecule has 51 heavy (non-hydrogen) atoms. The van der Waals surface area contributed by atoms with E-state index >= 15 is 8.78 Å². The first kappa shape index (κ1) is 34.1. The van der Waals surface area contributed by atoms with E-state index in [1.807, 2.05) is 0 Å². The number of hydrogen-bond donors (Lipinski definition) is 3. The molecule has 0 radical (unpaired) electrons. The minimum absolute atomic E-state index is 0.0556. The third-order valence-electron chi connectivity index (χ3n) is 9.09. The number of nitrogen functional groups attached to an aromatic ring is 1. The summed E-state index contributed by atoms with van der Waals surface area (Å²) < 4.78 is 89.5. The number of fused-ring (bicyclic) bond motifs is 4. The lowest BCUT2D eigenvalue weighted by Gasteiger charge is -2.23. The SMILES string of the molecule is Cn1nc(N)c2cccc(-c3ccc(C#CC(C)(C)O)nc3C(Cc3cc(F)cc(F)c3)NC(=O)Cn3nc(C(F)F)c4c3C(F)(F)[C@@H]3C[C@H]43)c21. The maximum absolute atomic E-state index is 15.3. The van der Waals surface area contributed by atoms with Gasteiger partial charge < -0.3 is 16.2 Å². The van der Waals surface area contributed by atoms with Gasteiger partial charge in [-0.15, -0.1) is 0 Å². The first-order valence-corrected chi connectivity index (χ1v) is 16.0. The average Bonchev–Trinajstić information content (AvgIpc) is 3.60. The normalized spacial score (nSPS) is 17.9. The summed E-state index contributed by atoms with van der Waals surface area (Å²) in [6.07, 6.45) is -3.32. The van der Waals surface area contributed by atoms with Crippen molar-refractivity contribution in [2.45, 2.75) is 63.1 Å². The molecule has 4 N–H and O–H groups in total. The molecule has 0 spiro atoms. The zero-order chi connectivity index (χ0) is 36.6. The third-order valence-corrected chi connectivity index (χ3v) is 9.09. The number of rotatable bonds is 8. The van der Waals surface area contributed by atoms with Crippen molar-refractivity contribution in [3.63, 3.8) is 0 Å². The molecule has 2 aliphatic rings. The highest BCUT2D eigenvalue weighted by Crippen LogP contribution is 2.68. The van der Waals surface area contributed by atoms with Crippen LogP contribution in [0, 0.1) is 29.4 Å². The molecule has 3 heterocycles. The van der Waals surface area contributed by atoms with Crippen molar-refractivity contribution < 1.29 is 36.2 Å². The highest BCUT2D eigenvalue weighted by molar-refractivity contribution is 6.00. The van der Waals surface area contributed by atoms with Gasteiger partial charge in [0, 0.05) is 41.1 Å². The molecule has 9 nitrogen and oxygen atoms in total. The zero-order valence-corrected chi connectivity index (χ0v) is 27.5. The molecule has 3 atom stereocenters. The summed E-state index contributed by atoms with van der Waals surface area (Å²) in [7, 11) is 1.68. The minimum atomic E-state index is -3.45. The monoisotopic (exact) mass is 707 g/mol. The fourth-order valence-corrected chi connectivity index (χ4v) is 6.97. The molecule has 2 aromatic carbocycles. The van der Waals surface area contributed by atoms with Crippen LogP contribution in [0.15, 0.2) is 48.5 Å². The maximum atomic E-state index is 15.3. The lowest BCUT2D eigenvalue weighted by atomic mass is 9.93. The van der Waals surface area contributed by atoms with Crippen molar-refractivity contribution in [1.29, 1.82) is 0 Å². The number of alkyl halides is 4. The number of nitrogens with zero attached hydrogens (tertiary/aromatic N) is 5. The van der Waals surface area contributed by atoms with Crippen LogP contribution in [0.25, 0.3) is 22.0 Å². The van der Waals surface area contributed by atoms with Crippen molar-refractivity contribution in [3.8, 4) is 23.0 Å². The lowest BCUT2D eigenvalue weighted by molar-refractivity contribution is -0.123. The molecule has 7 rings (SSSR count). The van der Waals surface area contributed by atoms with Gasteiger partial charge in [-0.3, -0.25) is 14.2 Å². The smallest absolute Gasteiger partial charge is 0.293 e. The van der Waals surface area contributed by atoms with Crippen LogP contribution in [0.1, 0.15) is 72.6 Å². The fraction of sp³-hybridized carbons (Fsp3) is 0.333. The van der Waals surface area contributed by atoms with Crippen LogP contribution in [-0.2, 0) is 30.7 Å². The van der Waals surface area contributed by atoms with E-state index in [0.29, 0.717) is 32.8 Å². The molecule has 1 fully saturated rings. The van der Waals surface area contributed by atoms with E-state index < -0.39 is 71.3 Å². The molecule has 1 amide bonds. The van der Waals surface area contributed by atoms with Crippen molar-refractivity contribution in [3.05, 3.63) is 94.1 Å². The lowest BCUT2D eigenvalue weighted by Crippen LogP contribution is -2.35. The second-order valence-electron chi connectivity index (χ2n) is 13.4. The van der Waals surface area contributed by atoms with Gasteiger partial charge >= 0.3 is 0 Å². The van der Waals surface area contributed by atoms with E-state index in [9.17, 15) is 27.5 Å². The van der Waals surface area contributed by atoms with Crippen molar-refractivity contribution in [2.75, 3.05) is 5.73 Å². The van der Waals surface area contributed by atoms with E-state index in [1.54, 1.807) is 42.1 Å². The number of carbonyl (C=O) groups excluding carboxylic acids is 1. The van der Waals surface area contributed by atoms with Crippen molar-refractivity contribution >= 4 is 22.6 Å². The van der Waals surface area contributed by atoms with Crippen LogP contribution in [0.5, 0.6) is 0 Å². The molecule has 3 aromatic heterocycles. The average molecular weight is 708 g/mol. The zero-order valence-electron chi connectivity index (χ0n) is 27.5. The summed E-state index contributed by atoms with van der Waals surface area (Å²) >= 11 is 0. The molecule has 15 heteroatoms. The predicted molar refractivity (Wildman–Crippen MR) is 174 cm³/mol. The molecule has 0 bridgehead atoms. The Bertz CT molecular complexity index is 2260. The standard InChI is InChI=1S/C36H31F6N7O2/c1-35(2,51)10-9-20-7-8-21(22-5-4-6-23-31(22)48(3)47-34(23)43)29(44-20)26(13-17-11-18(37)14-19(38)12-17)45-27(50)16-49-32-28(30(46-49)33(39)40)24-15-25(24)36(32,41)42/h4-8,11-12,14,24-26,33,51H,13,15-16H2,1-3H3,(H2,43,47)(H,45,50)/t24-,25+,26?/m0/s1. The molecule has 0 aliphatic heterocycles. The summed E-state index contributed by atoms with van der Waals surface area (Å²) in [6, 6.07) is 10.2. The van der Waals surface area contributed by atoms with Gasteiger partial charge in [0.15, 0.2) is 5.82 Å². The van der Waals surface area contributed by atoms with Gasteiger partial charge in [0.1, 0.15) is 40.9 Å². The molecule has 1 saturated carbocycles. The molecular weight excluding hydrogens is 676 g/mol. The van der Waals surface area contributed by atoms with Gasteiger partial charge in [-0.05, 0) is 74.4 Å². The van der Waals surface area contributed by atoms with Crippen molar-refractivity contribution in [1.82, 2.24) is 29.9 Å². The second-order valence-corrected chi connectivity index (χ2v) is 13.4. The molecule has 0 saturated heterocycles. The topological polar surface area (TPSA) is 124 Å². The van der Waals surface area contributed by atoms with Crippen LogP contribution >= 0.6 is 0 Å². The molecule has 264 valence electrons. The number of nitrogens with one attached hydrogen (secondary N) is 1. The van der Waals surface area contributed by atoms with Gasteiger partial charge in [-0.25, -0.2) is 22.5 Å². The number of amides is 1. The summed E-state index contributed by atoms with van der Waals surface area (Å²) in [4.78, 5) is 18.5. The number of halogens is 6. The Hall–Kier alpha value is -5.36. The fourth-order valence-electron chi connectivity index (χ4n) is 6.97. The van der Waals surface area contributed by atoms with Gasteiger partial charge in [0.25, 0.3) is 12.3 Å². The van der Waals surface area contributed by atoms with Crippen LogP contribution in [0.4, 0.5) is 32.2 Å². The number of aryl methyl sites for hydroxylation is 1. The quantitative estimate of drug-likeness (QED) is 0.133. The van der Waals surface area contributed by atoms with Crippen LogP contribution < -0.4 is 11.1 Å². The van der Waals surface area contributed by atoms with E-state index in [0.717, 1.165) is 12.1 Å². The van der Waals surface area contributed by atoms with E-state index in [4.69, 9.17) is 10.7 Å². The van der Waals surface area contributed by atoms with E-state index in [1.165, 1.54) is 13.8 Å². The number of pyridine rings is 1. The molecule has 2 aliphatic carbocycles. The van der Waals surface area contributed by atoms with E-state index in [-0.39, 0.29) is 41.2 Å². The largest absolute Gasteiger partial charge is 0.382 e. The van der Waals surface area contributed by atoms with Crippen LogP contribution in [0.2, 0.25) is 0 Å². The summed E-state index contributed by atoms with van der Waals surface area (Å²) in [6.45, 7) is 2.10. The number of carbonyl (C=O) groups is 1. The first-order valence-electron chi connectivity index (χ1n) is 16.0. The summed E-state index contributed by atoms with van der Waals surface area (Å²) in [5.41, 5.74) is 5.11. The highest BCUT2D eigenvalue weighted by Gasteiger charge is 2.67. The van der Waals surface area contributed by atoms with Crippen LogP contribution in [0.3, 0.4) is 0 Å². The van der Waals surface area contributed by atoms with E-state index in [2.05, 4.69) is 27.4 Å². The molecular formula is C36H31F6N7O2. The predicted octanol–water partition coefficient (Wildman–Crippen LogP) is 6.06. The Kier molecular flexibility index (Phi) is 8.13. The number of aromatic nitrogens is 5. The number of anilines is 1. The number of aliphatic hydroxyl groups is 1. The first-order chi connectivity index (χ1) is 24.0. The van der Waals surface area contributed by atoms with Crippen LogP contribution in [-0.4, -0.2) is 41.2 Å². The Morgan fingerprint density at radius 2 is 1.82 bits per heavy atom. The van der Waals surface area contributed by atoms with Gasteiger partial charge in [0.05, 0.1) is 17.3 Å². The minimum Gasteiger partial charge on any atom is -0.382 e. The summed E-state index contributed by atoms with van der Waals surface area (Å²) in [5.74, 6) is -2.27. The molecule has 1 unspecified atom stereocenters. The summed E-state index contributed by atoms with van der Waals surface area (Å²) in [5, 5.41) is 21.7. The van der Waals surface area contributed by atoms with Gasteiger partial charge in [-0.1, -0.05) is 18.1 Å². The van der Waals surface area contributed by atoms with Crippen molar-refractivity contribution in [2.24, 2.45) is 13.0 Å². The highest BCUT2D eigenvalue weighted by atomic mass is 19.3. The Labute approximate surface area is 287 Å². The Morgan fingerprint density at radius 1 is 1.10 bits per heavy atom. The number of benzene rings is 2.